The van der Waals surface area contributed by atoms with E-state index in [4.69, 9.17) is 9.84 Å². The summed E-state index contributed by atoms with van der Waals surface area (Å²) < 4.78 is 7.13. The van der Waals surface area contributed by atoms with Crippen molar-refractivity contribution in [3.05, 3.63) is 65.7 Å². The van der Waals surface area contributed by atoms with Crippen LogP contribution in [-0.4, -0.2) is 34.7 Å². The molecule has 3 aromatic rings. The number of amides is 2. The number of nitrogens with one attached hydrogen (secondary N) is 1. The molecule has 0 spiro atoms. The number of carbonyl (C=O) groups excluding carboxylic acids is 2. The van der Waals surface area contributed by atoms with Crippen molar-refractivity contribution >= 4 is 17.6 Å². The summed E-state index contributed by atoms with van der Waals surface area (Å²) in [6, 6.07) is 17.5. The van der Waals surface area contributed by atoms with Crippen LogP contribution in [0.25, 0.3) is 11.3 Å². The molecule has 1 aliphatic heterocycles. The third-order valence-electron chi connectivity index (χ3n) is 6.51. The second kappa shape index (κ2) is 9.10. The van der Waals surface area contributed by atoms with Gasteiger partial charge in [-0.05, 0) is 54.8 Å². The van der Waals surface area contributed by atoms with Gasteiger partial charge in [0.05, 0.1) is 25.9 Å². The molecule has 7 heteroatoms. The third kappa shape index (κ3) is 4.49. The molecule has 2 amide bonds. The predicted octanol–water partition coefficient (Wildman–Crippen LogP) is 4.17. The average Bonchev–Trinajstić information content (AvgIpc) is 3.51. The molecule has 1 fully saturated rings. The van der Waals surface area contributed by atoms with Crippen molar-refractivity contribution in [1.29, 1.82) is 0 Å². The highest BCUT2D eigenvalue weighted by atomic mass is 16.5. The quantitative estimate of drug-likeness (QED) is 0.619. The highest BCUT2D eigenvalue weighted by Gasteiger charge is 2.27. The largest absolute Gasteiger partial charge is 0.497 e. The monoisotopic (exact) mass is 444 g/mol. The van der Waals surface area contributed by atoms with Crippen molar-refractivity contribution in [2.75, 3.05) is 12.0 Å². The molecule has 1 aromatic heterocycles. The maximum atomic E-state index is 12.8. The summed E-state index contributed by atoms with van der Waals surface area (Å²) in [5.41, 5.74) is 3.43. The Balaban J connectivity index is 1.32. The second-order valence-electron chi connectivity index (χ2n) is 8.72. The summed E-state index contributed by atoms with van der Waals surface area (Å²) in [6.45, 7) is 1.01. The number of methoxy groups -OCH3 is 1. The zero-order valence-corrected chi connectivity index (χ0v) is 18.8. The van der Waals surface area contributed by atoms with Gasteiger partial charge in [0.25, 0.3) is 5.91 Å². The van der Waals surface area contributed by atoms with E-state index >= 15 is 0 Å². The SMILES string of the molecule is COc1ccc(-c2cc3n(n2)CCC(=O)N3Cc2ccc(C(=O)NC3CCCC3)cc2)cc1. The van der Waals surface area contributed by atoms with Gasteiger partial charge in [-0.15, -0.1) is 0 Å². The van der Waals surface area contributed by atoms with Crippen molar-refractivity contribution in [1.82, 2.24) is 15.1 Å². The van der Waals surface area contributed by atoms with E-state index in [1.54, 1.807) is 12.0 Å². The van der Waals surface area contributed by atoms with Crippen LogP contribution in [0.5, 0.6) is 5.75 Å². The van der Waals surface area contributed by atoms with E-state index in [-0.39, 0.29) is 11.8 Å². The lowest BCUT2D eigenvalue weighted by Gasteiger charge is -2.27. The first-order chi connectivity index (χ1) is 16.1. The highest BCUT2D eigenvalue weighted by molar-refractivity contribution is 5.95. The Morgan fingerprint density at radius 1 is 1.09 bits per heavy atom. The molecule has 1 N–H and O–H groups in total. The molecule has 170 valence electrons. The molecule has 33 heavy (non-hydrogen) atoms. The summed E-state index contributed by atoms with van der Waals surface area (Å²) >= 11 is 0. The number of benzene rings is 2. The van der Waals surface area contributed by atoms with Crippen LogP contribution in [0.2, 0.25) is 0 Å². The summed E-state index contributed by atoms with van der Waals surface area (Å²) in [5, 5.41) is 7.84. The fourth-order valence-electron chi connectivity index (χ4n) is 4.61. The van der Waals surface area contributed by atoms with Gasteiger partial charge in [0.15, 0.2) is 0 Å². The summed E-state index contributed by atoms with van der Waals surface area (Å²) in [4.78, 5) is 27.0. The van der Waals surface area contributed by atoms with Crippen LogP contribution in [0.15, 0.2) is 54.6 Å². The number of anilines is 1. The zero-order valence-electron chi connectivity index (χ0n) is 18.8. The van der Waals surface area contributed by atoms with E-state index in [9.17, 15) is 9.59 Å². The van der Waals surface area contributed by atoms with Gasteiger partial charge >= 0.3 is 0 Å². The molecule has 7 nitrogen and oxygen atoms in total. The highest BCUT2D eigenvalue weighted by Crippen LogP contribution is 2.30. The van der Waals surface area contributed by atoms with E-state index in [1.165, 1.54) is 12.8 Å². The Hall–Kier alpha value is -3.61. The molecule has 1 aliphatic carbocycles. The smallest absolute Gasteiger partial charge is 0.251 e. The number of fused-ring (bicyclic) bond motifs is 1. The number of rotatable bonds is 6. The third-order valence-corrected chi connectivity index (χ3v) is 6.51. The lowest BCUT2D eigenvalue weighted by molar-refractivity contribution is -0.119. The second-order valence-corrected chi connectivity index (χ2v) is 8.72. The summed E-state index contributed by atoms with van der Waals surface area (Å²) in [7, 11) is 1.64. The van der Waals surface area contributed by atoms with Crippen molar-refractivity contribution in [2.24, 2.45) is 0 Å². The van der Waals surface area contributed by atoms with E-state index in [0.29, 0.717) is 31.1 Å². The maximum absolute atomic E-state index is 12.8. The molecule has 0 unspecified atom stereocenters. The van der Waals surface area contributed by atoms with Crippen molar-refractivity contribution in [3.8, 4) is 17.0 Å². The molecule has 0 atom stereocenters. The predicted molar refractivity (Wildman–Crippen MR) is 126 cm³/mol. The molecule has 5 rings (SSSR count). The fourth-order valence-corrected chi connectivity index (χ4v) is 4.61. The van der Waals surface area contributed by atoms with E-state index in [2.05, 4.69) is 5.32 Å². The van der Waals surface area contributed by atoms with Gasteiger partial charge in [0.2, 0.25) is 5.91 Å². The van der Waals surface area contributed by atoms with Crippen LogP contribution in [0.1, 0.15) is 48.0 Å². The van der Waals surface area contributed by atoms with Crippen LogP contribution in [0.3, 0.4) is 0 Å². The number of carbonyl (C=O) groups is 2. The zero-order chi connectivity index (χ0) is 22.8. The number of ether oxygens (including phenoxy) is 1. The Labute approximate surface area is 193 Å². The van der Waals surface area contributed by atoms with Crippen molar-refractivity contribution < 1.29 is 14.3 Å². The number of nitrogens with zero attached hydrogens (tertiary/aromatic N) is 3. The molecule has 0 radical (unpaired) electrons. The number of aryl methyl sites for hydroxylation is 1. The molecule has 2 aliphatic rings. The summed E-state index contributed by atoms with van der Waals surface area (Å²) in [5.74, 6) is 1.64. The molecule has 1 saturated carbocycles. The normalized spacial score (nSPS) is 16.0. The van der Waals surface area contributed by atoms with Crippen LogP contribution in [0.4, 0.5) is 5.82 Å². The topological polar surface area (TPSA) is 76.5 Å². The molecular formula is C26H28N4O3. The van der Waals surface area contributed by atoms with Gasteiger partial charge < -0.3 is 10.1 Å². The van der Waals surface area contributed by atoms with Crippen LogP contribution < -0.4 is 15.0 Å². The average molecular weight is 445 g/mol. The standard InChI is InChI=1S/C26H28N4O3/c1-33-22-12-10-19(11-13-22)23-16-24-29(25(31)14-15-30(24)28-23)17-18-6-8-20(9-7-18)26(32)27-21-4-2-3-5-21/h6-13,16,21H,2-5,14-15,17H2,1H3,(H,27,32). The molecular weight excluding hydrogens is 416 g/mol. The number of hydrogen-bond acceptors (Lipinski definition) is 4. The van der Waals surface area contributed by atoms with Crippen LogP contribution in [-0.2, 0) is 17.9 Å². The Bertz CT molecular complexity index is 1150. The van der Waals surface area contributed by atoms with Crippen LogP contribution in [0, 0.1) is 0 Å². The van der Waals surface area contributed by atoms with Gasteiger partial charge in [-0.1, -0.05) is 25.0 Å². The minimum atomic E-state index is -0.0234. The minimum absolute atomic E-state index is 0.0234. The molecule has 2 heterocycles. The first-order valence-electron chi connectivity index (χ1n) is 11.5. The lowest BCUT2D eigenvalue weighted by Crippen LogP contribution is -2.37. The first-order valence-corrected chi connectivity index (χ1v) is 11.5. The minimum Gasteiger partial charge on any atom is -0.497 e. The molecule has 2 aromatic carbocycles. The van der Waals surface area contributed by atoms with Gasteiger partial charge in [0, 0.05) is 29.7 Å². The van der Waals surface area contributed by atoms with E-state index in [1.807, 2.05) is 59.3 Å². The first kappa shape index (κ1) is 21.2. The fraction of sp³-hybridized carbons (Fsp3) is 0.346. The number of hydrogen-bond donors (Lipinski definition) is 1. The molecule has 0 bridgehead atoms. The van der Waals surface area contributed by atoms with Gasteiger partial charge in [0.1, 0.15) is 11.6 Å². The Morgan fingerprint density at radius 3 is 2.52 bits per heavy atom. The maximum Gasteiger partial charge on any atom is 0.251 e. The number of aromatic nitrogens is 2. The van der Waals surface area contributed by atoms with E-state index in [0.717, 1.165) is 41.2 Å². The van der Waals surface area contributed by atoms with Gasteiger partial charge in [-0.25, -0.2) is 4.68 Å². The molecule has 0 saturated heterocycles. The lowest BCUT2D eigenvalue weighted by atomic mass is 10.1. The van der Waals surface area contributed by atoms with Gasteiger partial charge in [-0.3, -0.25) is 14.5 Å². The Morgan fingerprint density at radius 2 is 1.82 bits per heavy atom. The van der Waals surface area contributed by atoms with E-state index < -0.39 is 0 Å². The Kier molecular flexibility index (Phi) is 5.86. The van der Waals surface area contributed by atoms with Crippen LogP contribution >= 0.6 is 0 Å². The van der Waals surface area contributed by atoms with Crippen molar-refractivity contribution in [2.45, 2.75) is 51.2 Å². The summed E-state index contributed by atoms with van der Waals surface area (Å²) in [6.07, 6.45) is 4.91. The van der Waals surface area contributed by atoms with Crippen molar-refractivity contribution in [3.63, 3.8) is 0 Å². The van der Waals surface area contributed by atoms with Gasteiger partial charge in [-0.2, -0.15) is 5.10 Å².